The van der Waals surface area contributed by atoms with Crippen molar-refractivity contribution >= 4 is 5.97 Å². The second-order valence-electron chi connectivity index (χ2n) is 3.93. The van der Waals surface area contributed by atoms with Crippen molar-refractivity contribution in [2.45, 2.75) is 44.8 Å². The Balaban J connectivity index is 2.20. The van der Waals surface area contributed by atoms with Crippen LogP contribution >= 0.6 is 0 Å². The third-order valence-electron chi connectivity index (χ3n) is 2.66. The zero-order valence-corrected chi connectivity index (χ0v) is 8.88. The number of nitrogens with one attached hydrogen (secondary N) is 1. The Hall–Kier alpha value is -0.610. The number of hydrogen-bond acceptors (Lipinski definition) is 4. The van der Waals surface area contributed by atoms with Gasteiger partial charge in [-0.1, -0.05) is 0 Å². The van der Waals surface area contributed by atoms with Gasteiger partial charge >= 0.3 is 5.97 Å². The van der Waals surface area contributed by atoms with Crippen molar-refractivity contribution in [3.05, 3.63) is 0 Å². The molecule has 1 saturated carbocycles. The van der Waals surface area contributed by atoms with E-state index in [2.05, 4.69) is 5.32 Å². The maximum Gasteiger partial charge on any atom is 0.322 e. The Bertz CT molecular complexity index is 202. The number of esters is 1. The number of ether oxygens (including phenoxy) is 1. The molecule has 0 aliphatic heterocycles. The molecular weight excluding hydrogens is 182 g/mol. The van der Waals surface area contributed by atoms with E-state index in [-0.39, 0.29) is 12.0 Å². The second kappa shape index (κ2) is 4.75. The normalized spacial score (nSPS) is 21.1. The minimum atomic E-state index is -0.583. The molecule has 0 amide bonds. The summed E-state index contributed by atoms with van der Waals surface area (Å²) in [7, 11) is 0. The van der Waals surface area contributed by atoms with Gasteiger partial charge in [-0.3, -0.25) is 4.79 Å². The maximum atomic E-state index is 11.2. The Morgan fingerprint density at radius 1 is 1.64 bits per heavy atom. The Morgan fingerprint density at radius 2 is 2.29 bits per heavy atom. The van der Waals surface area contributed by atoms with Gasteiger partial charge in [0.15, 0.2) is 0 Å². The zero-order chi connectivity index (χ0) is 10.6. The van der Waals surface area contributed by atoms with Crippen LogP contribution in [0.4, 0.5) is 0 Å². The zero-order valence-electron chi connectivity index (χ0n) is 8.88. The van der Waals surface area contributed by atoms with E-state index in [0.29, 0.717) is 13.2 Å². The first kappa shape index (κ1) is 11.5. The summed E-state index contributed by atoms with van der Waals surface area (Å²) in [4.78, 5) is 11.2. The lowest BCUT2D eigenvalue weighted by atomic mass is 9.80. The summed E-state index contributed by atoms with van der Waals surface area (Å²) in [5, 5.41) is 12.7. The first-order chi connectivity index (χ1) is 6.57. The number of carbonyl (C=O) groups excluding carboxylic acids is 1. The summed E-state index contributed by atoms with van der Waals surface area (Å²) in [6.45, 7) is 4.41. The summed E-state index contributed by atoms with van der Waals surface area (Å²) in [6.07, 6.45) is 2.73. The van der Waals surface area contributed by atoms with Crippen molar-refractivity contribution in [2.75, 3.05) is 13.2 Å². The highest BCUT2D eigenvalue weighted by atomic mass is 16.5. The second-order valence-corrected chi connectivity index (χ2v) is 3.93. The van der Waals surface area contributed by atoms with Gasteiger partial charge in [-0.25, -0.2) is 0 Å². The molecule has 1 aliphatic carbocycles. The van der Waals surface area contributed by atoms with Gasteiger partial charge < -0.3 is 15.2 Å². The molecule has 0 saturated heterocycles. The van der Waals surface area contributed by atoms with Gasteiger partial charge in [0, 0.05) is 6.54 Å². The molecule has 2 N–H and O–H groups in total. The Morgan fingerprint density at radius 3 is 2.71 bits per heavy atom. The Labute approximate surface area is 84.6 Å². The van der Waals surface area contributed by atoms with Gasteiger partial charge in [0.05, 0.1) is 12.2 Å². The summed E-state index contributed by atoms with van der Waals surface area (Å²) >= 11 is 0. The molecule has 0 spiro atoms. The summed E-state index contributed by atoms with van der Waals surface area (Å²) in [5.74, 6) is -0.254. The van der Waals surface area contributed by atoms with E-state index in [1.165, 1.54) is 0 Å². The van der Waals surface area contributed by atoms with Crippen molar-refractivity contribution in [2.24, 2.45) is 0 Å². The summed E-state index contributed by atoms with van der Waals surface area (Å²) in [5.41, 5.74) is -0.583. The molecule has 82 valence electrons. The fraction of sp³-hybridized carbons (Fsp3) is 0.900. The topological polar surface area (TPSA) is 58.6 Å². The molecule has 1 rings (SSSR count). The molecule has 1 aliphatic rings. The van der Waals surface area contributed by atoms with Crippen LogP contribution in [0, 0.1) is 0 Å². The summed E-state index contributed by atoms with van der Waals surface area (Å²) in [6, 6.07) is -0.334. The maximum absolute atomic E-state index is 11.2. The molecular formula is C10H19NO3. The van der Waals surface area contributed by atoms with Gasteiger partial charge in [-0.15, -0.1) is 0 Å². The highest BCUT2D eigenvalue weighted by Gasteiger charge is 2.34. The molecule has 1 fully saturated rings. The average molecular weight is 201 g/mol. The molecule has 4 nitrogen and oxygen atoms in total. The van der Waals surface area contributed by atoms with Crippen LogP contribution in [0.2, 0.25) is 0 Å². The predicted octanol–water partition coefficient (Wildman–Crippen LogP) is 0.443. The third kappa shape index (κ3) is 2.96. The van der Waals surface area contributed by atoms with Crippen molar-refractivity contribution in [3.63, 3.8) is 0 Å². The number of rotatable bonds is 5. The van der Waals surface area contributed by atoms with E-state index in [1.54, 1.807) is 13.8 Å². The van der Waals surface area contributed by atoms with Crippen LogP contribution in [0.1, 0.15) is 33.1 Å². The standard InChI is InChI=1S/C10H19NO3/c1-3-14-9(12)8(2)11-7-10(13)5-4-6-10/h8,11,13H,3-7H2,1-2H3. The van der Waals surface area contributed by atoms with Crippen LogP contribution in [0.25, 0.3) is 0 Å². The number of carbonyl (C=O) groups is 1. The van der Waals surface area contributed by atoms with Crippen molar-refractivity contribution in [3.8, 4) is 0 Å². The minimum absolute atomic E-state index is 0.254. The minimum Gasteiger partial charge on any atom is -0.465 e. The smallest absolute Gasteiger partial charge is 0.322 e. The molecule has 14 heavy (non-hydrogen) atoms. The summed E-state index contributed by atoms with van der Waals surface area (Å²) < 4.78 is 4.84. The molecule has 0 aromatic rings. The lowest BCUT2D eigenvalue weighted by molar-refractivity contribution is -0.145. The molecule has 0 radical (unpaired) electrons. The fourth-order valence-corrected chi connectivity index (χ4v) is 1.46. The monoisotopic (exact) mass is 201 g/mol. The van der Waals surface area contributed by atoms with Crippen molar-refractivity contribution in [1.29, 1.82) is 0 Å². The van der Waals surface area contributed by atoms with Crippen LogP contribution in [-0.4, -0.2) is 35.9 Å². The van der Waals surface area contributed by atoms with Crippen molar-refractivity contribution < 1.29 is 14.6 Å². The lowest BCUT2D eigenvalue weighted by Crippen LogP contribution is -2.50. The van der Waals surface area contributed by atoms with Crippen LogP contribution in [0.15, 0.2) is 0 Å². The highest BCUT2D eigenvalue weighted by Crippen LogP contribution is 2.30. The van der Waals surface area contributed by atoms with E-state index < -0.39 is 5.60 Å². The van der Waals surface area contributed by atoms with E-state index in [9.17, 15) is 9.90 Å². The van der Waals surface area contributed by atoms with Gasteiger partial charge in [-0.2, -0.15) is 0 Å². The van der Waals surface area contributed by atoms with E-state index in [0.717, 1.165) is 19.3 Å². The van der Waals surface area contributed by atoms with Crippen LogP contribution in [0.3, 0.4) is 0 Å². The van der Waals surface area contributed by atoms with Gasteiger partial charge in [-0.05, 0) is 33.1 Å². The molecule has 1 unspecified atom stereocenters. The van der Waals surface area contributed by atoms with E-state index in [1.807, 2.05) is 0 Å². The fourth-order valence-electron chi connectivity index (χ4n) is 1.46. The van der Waals surface area contributed by atoms with Gasteiger partial charge in [0.2, 0.25) is 0 Å². The molecule has 0 heterocycles. The van der Waals surface area contributed by atoms with E-state index >= 15 is 0 Å². The largest absolute Gasteiger partial charge is 0.465 e. The lowest BCUT2D eigenvalue weighted by Gasteiger charge is -2.37. The number of hydrogen-bond donors (Lipinski definition) is 2. The van der Waals surface area contributed by atoms with Gasteiger partial charge in [0.1, 0.15) is 6.04 Å². The molecule has 1 atom stereocenters. The van der Waals surface area contributed by atoms with Crippen LogP contribution in [-0.2, 0) is 9.53 Å². The number of aliphatic hydroxyl groups is 1. The first-order valence-electron chi connectivity index (χ1n) is 5.20. The van der Waals surface area contributed by atoms with E-state index in [4.69, 9.17) is 4.74 Å². The predicted molar refractivity (Wildman–Crippen MR) is 52.9 cm³/mol. The van der Waals surface area contributed by atoms with Crippen molar-refractivity contribution in [1.82, 2.24) is 5.32 Å². The highest BCUT2D eigenvalue weighted by molar-refractivity contribution is 5.75. The third-order valence-corrected chi connectivity index (χ3v) is 2.66. The quantitative estimate of drug-likeness (QED) is 0.634. The first-order valence-corrected chi connectivity index (χ1v) is 5.20. The van der Waals surface area contributed by atoms with Crippen LogP contribution in [0.5, 0.6) is 0 Å². The SMILES string of the molecule is CCOC(=O)C(C)NCC1(O)CCC1. The van der Waals surface area contributed by atoms with Crippen LogP contribution < -0.4 is 5.32 Å². The molecule has 0 aromatic carbocycles. The molecule has 0 bridgehead atoms. The molecule has 4 heteroatoms. The molecule has 0 aromatic heterocycles. The van der Waals surface area contributed by atoms with Gasteiger partial charge in [0.25, 0.3) is 0 Å². The Kier molecular flexibility index (Phi) is 3.89. The average Bonchev–Trinajstić information content (AvgIpc) is 2.11.